The summed E-state index contributed by atoms with van der Waals surface area (Å²) >= 11 is 0. The average Bonchev–Trinajstić information content (AvgIpc) is 3.17. The SMILES string of the molecule is CCCCCCCC/C=C/CCCCCCCCCC(=O)N[C@@H](CO[C@H]1O[C@@H](CO)[C@H](O)C(O)C1O)[C@H](O)CCCCCCCCCCCCCCCC. The molecule has 7 atom stereocenters. The van der Waals surface area contributed by atoms with Crippen LogP contribution in [0.4, 0.5) is 0 Å². The van der Waals surface area contributed by atoms with Gasteiger partial charge in [-0.1, -0.05) is 180 Å². The van der Waals surface area contributed by atoms with Crippen LogP contribution in [0.2, 0.25) is 0 Å². The molecule has 0 aromatic carbocycles. The highest BCUT2D eigenvalue weighted by Gasteiger charge is 2.44. The molecule has 1 rings (SSSR count). The van der Waals surface area contributed by atoms with Crippen LogP contribution in [0.1, 0.15) is 213 Å². The largest absolute Gasteiger partial charge is 0.394 e. The number of allylic oxidation sites excluding steroid dienone is 2. The number of hydrogen-bond donors (Lipinski definition) is 6. The van der Waals surface area contributed by atoms with Crippen LogP contribution < -0.4 is 5.32 Å². The van der Waals surface area contributed by atoms with Crippen molar-refractivity contribution in [1.82, 2.24) is 5.32 Å². The highest BCUT2D eigenvalue weighted by atomic mass is 16.7. The molecule has 0 aromatic rings. The number of ether oxygens (including phenoxy) is 2. The quantitative estimate of drug-likeness (QED) is 0.0269. The van der Waals surface area contributed by atoms with Crippen molar-refractivity contribution < 1.29 is 39.8 Å². The molecule has 0 spiro atoms. The van der Waals surface area contributed by atoms with E-state index >= 15 is 0 Å². The number of carbonyl (C=O) groups excluding carboxylic acids is 1. The van der Waals surface area contributed by atoms with Gasteiger partial charge < -0.3 is 40.3 Å². The van der Waals surface area contributed by atoms with E-state index in [0.29, 0.717) is 12.8 Å². The minimum absolute atomic E-state index is 0.136. The lowest BCUT2D eigenvalue weighted by Gasteiger charge is -2.40. The van der Waals surface area contributed by atoms with Crippen molar-refractivity contribution in [3.63, 3.8) is 0 Å². The van der Waals surface area contributed by atoms with Crippen molar-refractivity contribution in [1.29, 1.82) is 0 Å². The fourth-order valence-electron chi connectivity index (χ4n) is 7.39. The van der Waals surface area contributed by atoms with Gasteiger partial charge in [0.2, 0.25) is 5.91 Å². The van der Waals surface area contributed by atoms with Crippen LogP contribution >= 0.6 is 0 Å². The molecule has 6 N–H and O–H groups in total. The van der Waals surface area contributed by atoms with E-state index in [-0.39, 0.29) is 12.5 Å². The zero-order chi connectivity index (χ0) is 39.5. The van der Waals surface area contributed by atoms with Crippen LogP contribution in [0, 0.1) is 0 Å². The topological polar surface area (TPSA) is 149 Å². The van der Waals surface area contributed by atoms with Crippen molar-refractivity contribution in [2.75, 3.05) is 13.2 Å². The Labute approximate surface area is 331 Å². The van der Waals surface area contributed by atoms with E-state index in [1.165, 1.54) is 148 Å². The summed E-state index contributed by atoms with van der Waals surface area (Å²) in [4.78, 5) is 13.0. The Kier molecular flexibility index (Phi) is 34.2. The van der Waals surface area contributed by atoms with Gasteiger partial charge in [-0.2, -0.15) is 0 Å². The highest BCUT2D eigenvalue weighted by Crippen LogP contribution is 2.23. The van der Waals surface area contributed by atoms with Gasteiger partial charge in [0.15, 0.2) is 6.29 Å². The van der Waals surface area contributed by atoms with Gasteiger partial charge in [-0.25, -0.2) is 0 Å². The monoisotopic (exact) mass is 770 g/mol. The molecule has 0 aliphatic carbocycles. The first-order chi connectivity index (χ1) is 26.3. The summed E-state index contributed by atoms with van der Waals surface area (Å²) in [5.74, 6) is -0.148. The predicted molar refractivity (Wildman–Crippen MR) is 221 cm³/mol. The van der Waals surface area contributed by atoms with Gasteiger partial charge in [0.1, 0.15) is 24.4 Å². The van der Waals surface area contributed by atoms with Gasteiger partial charge in [-0.05, 0) is 38.5 Å². The van der Waals surface area contributed by atoms with Gasteiger partial charge in [0, 0.05) is 6.42 Å². The number of rotatable bonds is 38. The third-order valence-corrected chi connectivity index (χ3v) is 11.1. The lowest BCUT2D eigenvalue weighted by molar-refractivity contribution is -0.302. The second-order valence-corrected chi connectivity index (χ2v) is 16.2. The Morgan fingerprint density at radius 1 is 0.611 bits per heavy atom. The standard InChI is InChI=1S/C45H87NO8/c1-3-5-7-9-11-13-15-17-19-20-21-23-25-27-29-31-33-35-41(49)46-38(37-53-45-44(52)43(51)42(50)40(36-47)54-45)39(48)34-32-30-28-26-24-22-18-16-14-12-10-8-6-4-2/h17,19,38-40,42-45,47-48,50-52H,3-16,18,20-37H2,1-2H3,(H,46,49)/b19-17+/t38-,39+,40-,42-,43?,44?,45-/m0/s1. The van der Waals surface area contributed by atoms with Crippen molar-refractivity contribution >= 4 is 5.91 Å². The number of aliphatic hydroxyl groups excluding tert-OH is 5. The maximum Gasteiger partial charge on any atom is 0.220 e. The first-order valence-electron chi connectivity index (χ1n) is 22.9. The van der Waals surface area contributed by atoms with Gasteiger partial charge >= 0.3 is 0 Å². The molecule has 9 heteroatoms. The zero-order valence-corrected chi connectivity index (χ0v) is 35.0. The molecule has 1 aliphatic rings. The lowest BCUT2D eigenvalue weighted by Crippen LogP contribution is -2.60. The molecule has 9 nitrogen and oxygen atoms in total. The van der Waals surface area contributed by atoms with Crippen LogP contribution in [0.25, 0.3) is 0 Å². The Bertz CT molecular complexity index is 858. The number of nitrogens with one attached hydrogen (secondary N) is 1. The van der Waals surface area contributed by atoms with E-state index in [4.69, 9.17) is 9.47 Å². The first kappa shape index (κ1) is 50.9. The van der Waals surface area contributed by atoms with E-state index < -0.39 is 49.5 Å². The molecule has 1 heterocycles. The molecule has 0 saturated carbocycles. The summed E-state index contributed by atoms with van der Waals surface area (Å²) in [7, 11) is 0. The lowest BCUT2D eigenvalue weighted by atomic mass is 9.99. The molecular formula is C45H87NO8. The summed E-state index contributed by atoms with van der Waals surface area (Å²) in [5.41, 5.74) is 0. The molecular weight excluding hydrogens is 682 g/mol. The van der Waals surface area contributed by atoms with E-state index in [9.17, 15) is 30.3 Å². The summed E-state index contributed by atoms with van der Waals surface area (Å²) in [5, 5.41) is 54.3. The highest BCUT2D eigenvalue weighted by molar-refractivity contribution is 5.76. The molecule has 2 unspecified atom stereocenters. The maximum atomic E-state index is 13.0. The molecule has 1 aliphatic heterocycles. The molecule has 54 heavy (non-hydrogen) atoms. The summed E-state index contributed by atoms with van der Waals surface area (Å²) in [6.45, 7) is 3.83. The Morgan fingerprint density at radius 2 is 1.04 bits per heavy atom. The third kappa shape index (κ3) is 26.7. The fraction of sp³-hybridized carbons (Fsp3) is 0.933. The molecule has 0 bridgehead atoms. The second kappa shape index (κ2) is 36.3. The Morgan fingerprint density at radius 3 is 1.50 bits per heavy atom. The molecule has 1 saturated heterocycles. The number of unbranched alkanes of at least 4 members (excludes halogenated alkanes) is 26. The normalized spacial score (nSPS) is 21.5. The average molecular weight is 770 g/mol. The van der Waals surface area contributed by atoms with Gasteiger partial charge in [0.05, 0.1) is 25.4 Å². The molecule has 320 valence electrons. The van der Waals surface area contributed by atoms with Crippen LogP contribution in [-0.2, 0) is 14.3 Å². The minimum Gasteiger partial charge on any atom is -0.394 e. The maximum absolute atomic E-state index is 13.0. The first-order valence-corrected chi connectivity index (χ1v) is 22.9. The van der Waals surface area contributed by atoms with Crippen molar-refractivity contribution in [2.45, 2.75) is 256 Å². The third-order valence-electron chi connectivity index (χ3n) is 11.1. The molecule has 1 amide bonds. The van der Waals surface area contributed by atoms with Crippen LogP contribution in [0.3, 0.4) is 0 Å². The predicted octanol–water partition coefficient (Wildman–Crippen LogP) is 9.34. The van der Waals surface area contributed by atoms with Crippen molar-refractivity contribution in [3.05, 3.63) is 12.2 Å². The number of amides is 1. The van der Waals surface area contributed by atoms with Crippen molar-refractivity contribution in [2.24, 2.45) is 0 Å². The van der Waals surface area contributed by atoms with E-state index in [1.807, 2.05) is 0 Å². The fourth-order valence-corrected chi connectivity index (χ4v) is 7.39. The van der Waals surface area contributed by atoms with Crippen molar-refractivity contribution in [3.8, 4) is 0 Å². The number of carbonyl (C=O) groups is 1. The van der Waals surface area contributed by atoms with Crippen LogP contribution in [-0.4, -0.2) is 87.5 Å². The van der Waals surface area contributed by atoms with Crippen LogP contribution in [0.15, 0.2) is 12.2 Å². The summed E-state index contributed by atoms with van der Waals surface area (Å²) in [6.07, 6.45) is 33.5. The summed E-state index contributed by atoms with van der Waals surface area (Å²) < 4.78 is 11.2. The van der Waals surface area contributed by atoms with Gasteiger partial charge in [-0.3, -0.25) is 4.79 Å². The number of aliphatic hydroxyl groups is 5. The van der Waals surface area contributed by atoms with E-state index in [0.717, 1.165) is 38.5 Å². The van der Waals surface area contributed by atoms with Gasteiger partial charge in [-0.15, -0.1) is 0 Å². The zero-order valence-electron chi connectivity index (χ0n) is 35.0. The minimum atomic E-state index is -1.55. The van der Waals surface area contributed by atoms with Gasteiger partial charge in [0.25, 0.3) is 0 Å². The second-order valence-electron chi connectivity index (χ2n) is 16.2. The van der Waals surface area contributed by atoms with Crippen LogP contribution in [0.5, 0.6) is 0 Å². The van der Waals surface area contributed by atoms with E-state index in [1.54, 1.807) is 0 Å². The molecule has 0 aromatic heterocycles. The molecule has 0 radical (unpaired) electrons. The Balaban J connectivity index is 2.33. The molecule has 1 fully saturated rings. The van der Waals surface area contributed by atoms with E-state index in [2.05, 4.69) is 31.3 Å². The Hall–Kier alpha value is -1.07. The smallest absolute Gasteiger partial charge is 0.220 e. The summed E-state index contributed by atoms with van der Waals surface area (Å²) in [6, 6.07) is -0.716. The number of hydrogen-bond acceptors (Lipinski definition) is 8.